The highest BCUT2D eigenvalue weighted by atomic mass is 16.5. The molecule has 0 saturated carbocycles. The van der Waals surface area contributed by atoms with Gasteiger partial charge in [-0.2, -0.15) is 0 Å². The van der Waals surface area contributed by atoms with E-state index < -0.39 is 10.8 Å². The topological polar surface area (TPSA) is 35.5 Å². The second kappa shape index (κ2) is 10.8. The van der Waals surface area contributed by atoms with Crippen LogP contribution in [0.25, 0.3) is 0 Å². The van der Waals surface area contributed by atoms with Crippen molar-refractivity contribution in [3.63, 3.8) is 0 Å². The highest BCUT2D eigenvalue weighted by Crippen LogP contribution is 2.37. The van der Waals surface area contributed by atoms with Crippen LogP contribution in [-0.2, 0) is 28.8 Å². The summed E-state index contributed by atoms with van der Waals surface area (Å²) in [5, 5.41) is 0. The van der Waals surface area contributed by atoms with Crippen LogP contribution in [0.2, 0.25) is 0 Å². The first-order chi connectivity index (χ1) is 17.3. The zero-order valence-electron chi connectivity index (χ0n) is 21.5. The summed E-state index contributed by atoms with van der Waals surface area (Å²) in [5.74, 6) is 1.65. The van der Waals surface area contributed by atoms with E-state index in [0.29, 0.717) is 13.2 Å². The van der Waals surface area contributed by atoms with E-state index in [2.05, 4.69) is 0 Å². The van der Waals surface area contributed by atoms with Crippen LogP contribution in [0.3, 0.4) is 0 Å². The van der Waals surface area contributed by atoms with E-state index in [-0.39, 0.29) is 5.78 Å². The molecule has 4 rings (SSSR count). The van der Waals surface area contributed by atoms with Gasteiger partial charge in [-0.05, 0) is 74.2 Å². The smallest absolute Gasteiger partial charge is 0.152 e. The molecule has 36 heavy (non-hydrogen) atoms. The lowest BCUT2D eigenvalue weighted by molar-refractivity contribution is -0.128. The Kier molecular flexibility index (Phi) is 7.59. The van der Waals surface area contributed by atoms with E-state index >= 15 is 0 Å². The van der Waals surface area contributed by atoms with E-state index in [1.807, 2.05) is 137 Å². The zero-order valence-corrected chi connectivity index (χ0v) is 21.5. The second-order valence-electron chi connectivity index (χ2n) is 10.2. The van der Waals surface area contributed by atoms with Crippen LogP contribution in [0.15, 0.2) is 109 Å². The van der Waals surface area contributed by atoms with Crippen molar-refractivity contribution in [1.82, 2.24) is 0 Å². The summed E-state index contributed by atoms with van der Waals surface area (Å²) in [5.41, 5.74) is 2.65. The average Bonchev–Trinajstić information content (AvgIpc) is 2.92. The lowest BCUT2D eigenvalue weighted by Gasteiger charge is -2.34. The maximum Gasteiger partial charge on any atom is 0.152 e. The van der Waals surface area contributed by atoms with Gasteiger partial charge in [0.05, 0.1) is 0 Å². The normalized spacial score (nSPS) is 11.7. The number of hydrogen-bond acceptors (Lipinski definition) is 3. The monoisotopic (exact) mass is 478 g/mol. The van der Waals surface area contributed by atoms with Gasteiger partial charge in [0.25, 0.3) is 0 Å². The molecule has 3 heteroatoms. The Labute approximate surface area is 214 Å². The SMILES string of the molecule is CC(C)(C(=O)C(C)(C)c1cccc(OCc2ccccc2)c1)c1cccc(OCc2ccccc2)c1. The predicted octanol–water partition coefficient (Wildman–Crippen LogP) is 7.67. The second-order valence-corrected chi connectivity index (χ2v) is 10.2. The van der Waals surface area contributed by atoms with Crippen molar-refractivity contribution in [1.29, 1.82) is 0 Å². The van der Waals surface area contributed by atoms with Gasteiger partial charge in [0.2, 0.25) is 0 Å². The minimum atomic E-state index is -0.712. The van der Waals surface area contributed by atoms with Crippen LogP contribution in [0.5, 0.6) is 11.5 Å². The van der Waals surface area contributed by atoms with Gasteiger partial charge in [-0.1, -0.05) is 84.9 Å². The molecule has 4 aromatic carbocycles. The molecule has 0 aliphatic rings. The number of rotatable bonds is 10. The molecule has 184 valence electrons. The molecule has 0 saturated heterocycles. The van der Waals surface area contributed by atoms with Crippen molar-refractivity contribution in [3.8, 4) is 11.5 Å². The molecule has 0 heterocycles. The first kappa shape index (κ1) is 25.2. The van der Waals surface area contributed by atoms with E-state index in [4.69, 9.17) is 9.47 Å². The number of benzene rings is 4. The fourth-order valence-corrected chi connectivity index (χ4v) is 4.47. The van der Waals surface area contributed by atoms with Crippen molar-refractivity contribution in [2.24, 2.45) is 0 Å². The summed E-state index contributed by atoms with van der Waals surface area (Å²) >= 11 is 0. The van der Waals surface area contributed by atoms with Crippen LogP contribution in [0, 0.1) is 0 Å². The summed E-state index contributed by atoms with van der Waals surface area (Å²) in [6.07, 6.45) is 0. The van der Waals surface area contributed by atoms with Gasteiger partial charge in [0, 0.05) is 10.8 Å². The Bertz CT molecular complexity index is 1190. The summed E-state index contributed by atoms with van der Waals surface area (Å²) in [6, 6.07) is 35.9. The lowest BCUT2D eigenvalue weighted by atomic mass is 9.67. The highest BCUT2D eigenvalue weighted by molar-refractivity contribution is 5.97. The number of Topliss-reactive ketones (excluding diaryl/α,β-unsaturated/α-hetero) is 1. The van der Waals surface area contributed by atoms with E-state index in [9.17, 15) is 4.79 Å². The molecule has 0 spiro atoms. The maximum absolute atomic E-state index is 14.0. The zero-order chi connectivity index (χ0) is 25.6. The van der Waals surface area contributed by atoms with Crippen molar-refractivity contribution in [3.05, 3.63) is 131 Å². The summed E-state index contributed by atoms with van der Waals surface area (Å²) < 4.78 is 12.1. The number of ketones is 1. The Morgan fingerprint density at radius 1 is 0.556 bits per heavy atom. The Balaban J connectivity index is 1.50. The molecule has 0 aromatic heterocycles. The van der Waals surface area contributed by atoms with Gasteiger partial charge >= 0.3 is 0 Å². The van der Waals surface area contributed by atoms with Crippen LogP contribution >= 0.6 is 0 Å². The molecular formula is C33H34O3. The molecule has 4 aromatic rings. The fraction of sp³-hybridized carbons (Fsp3) is 0.242. The van der Waals surface area contributed by atoms with Crippen LogP contribution in [0.1, 0.15) is 49.9 Å². The maximum atomic E-state index is 14.0. The van der Waals surface area contributed by atoms with Crippen LogP contribution in [-0.4, -0.2) is 5.78 Å². The van der Waals surface area contributed by atoms with Gasteiger partial charge in [-0.15, -0.1) is 0 Å². The molecule has 0 atom stereocenters. The Hall–Kier alpha value is -3.85. The first-order valence-corrected chi connectivity index (χ1v) is 12.4. The molecule has 0 aliphatic heterocycles. The molecular weight excluding hydrogens is 444 g/mol. The predicted molar refractivity (Wildman–Crippen MR) is 145 cm³/mol. The molecule has 0 bridgehead atoms. The van der Waals surface area contributed by atoms with Gasteiger partial charge < -0.3 is 9.47 Å². The standard InChI is InChI=1S/C33H34O3/c1-32(2,27-17-11-19-29(21-27)35-23-25-13-7-5-8-14-25)31(34)33(3,4)28-18-12-20-30(22-28)36-24-26-15-9-6-10-16-26/h5-22H,23-24H2,1-4H3. The van der Waals surface area contributed by atoms with E-state index in [1.165, 1.54) is 0 Å². The third-order valence-corrected chi connectivity index (χ3v) is 6.74. The van der Waals surface area contributed by atoms with Crippen molar-refractivity contribution in [2.45, 2.75) is 51.7 Å². The number of carbonyl (C=O) groups excluding carboxylic acids is 1. The molecule has 0 unspecified atom stereocenters. The molecule has 0 aliphatic carbocycles. The molecule has 0 radical (unpaired) electrons. The minimum Gasteiger partial charge on any atom is -0.489 e. The first-order valence-electron chi connectivity index (χ1n) is 12.4. The van der Waals surface area contributed by atoms with Gasteiger partial charge in [0.1, 0.15) is 24.7 Å². The average molecular weight is 479 g/mol. The largest absolute Gasteiger partial charge is 0.489 e. The lowest BCUT2D eigenvalue weighted by Crippen LogP contribution is -2.42. The quantitative estimate of drug-likeness (QED) is 0.235. The van der Waals surface area contributed by atoms with Gasteiger partial charge in [0.15, 0.2) is 5.78 Å². The van der Waals surface area contributed by atoms with Crippen molar-refractivity contribution in [2.75, 3.05) is 0 Å². The number of ether oxygens (including phenoxy) is 2. The summed E-state index contributed by atoms with van der Waals surface area (Å²) in [6.45, 7) is 8.93. The van der Waals surface area contributed by atoms with Crippen LogP contribution < -0.4 is 9.47 Å². The third kappa shape index (κ3) is 5.85. The van der Waals surface area contributed by atoms with E-state index in [0.717, 1.165) is 33.8 Å². The van der Waals surface area contributed by atoms with Crippen LogP contribution in [0.4, 0.5) is 0 Å². The highest BCUT2D eigenvalue weighted by Gasteiger charge is 2.41. The summed E-state index contributed by atoms with van der Waals surface area (Å²) in [4.78, 5) is 14.0. The van der Waals surface area contributed by atoms with Crippen molar-refractivity contribution < 1.29 is 14.3 Å². The third-order valence-electron chi connectivity index (χ3n) is 6.74. The fourth-order valence-electron chi connectivity index (χ4n) is 4.47. The Morgan fingerprint density at radius 3 is 1.33 bits per heavy atom. The molecule has 0 amide bonds. The summed E-state index contributed by atoms with van der Waals surface area (Å²) in [7, 11) is 0. The number of carbonyl (C=O) groups is 1. The molecule has 0 fully saturated rings. The minimum absolute atomic E-state index is 0.135. The molecule has 0 N–H and O–H groups in total. The van der Waals surface area contributed by atoms with Gasteiger partial charge in [-0.25, -0.2) is 0 Å². The Morgan fingerprint density at radius 2 is 0.944 bits per heavy atom. The molecule has 3 nitrogen and oxygen atoms in total. The number of hydrogen-bond donors (Lipinski definition) is 0. The van der Waals surface area contributed by atoms with E-state index in [1.54, 1.807) is 0 Å². The van der Waals surface area contributed by atoms with Crippen molar-refractivity contribution >= 4 is 5.78 Å². The van der Waals surface area contributed by atoms with Gasteiger partial charge in [-0.3, -0.25) is 4.79 Å².